The van der Waals surface area contributed by atoms with E-state index in [0.717, 1.165) is 32.2 Å². The maximum absolute atomic E-state index is 4.65. The molecule has 0 aliphatic carbocycles. The van der Waals surface area contributed by atoms with Gasteiger partial charge in [-0.2, -0.15) is 0 Å². The zero-order valence-corrected chi connectivity index (χ0v) is 12.8. The van der Waals surface area contributed by atoms with Gasteiger partial charge in [-0.05, 0) is 48.8 Å². The summed E-state index contributed by atoms with van der Waals surface area (Å²) >= 11 is 5.25. The smallest absolute Gasteiger partial charge is 0.137 e. The van der Waals surface area contributed by atoms with Gasteiger partial charge < -0.3 is 4.40 Å². The van der Waals surface area contributed by atoms with Crippen LogP contribution in [0.2, 0.25) is 0 Å². The summed E-state index contributed by atoms with van der Waals surface area (Å²) in [6.07, 6.45) is 2.05. The van der Waals surface area contributed by atoms with Gasteiger partial charge >= 0.3 is 0 Å². The first kappa shape index (κ1) is 11.9. The van der Waals surface area contributed by atoms with Crippen molar-refractivity contribution in [1.29, 1.82) is 0 Å². The summed E-state index contributed by atoms with van der Waals surface area (Å²) in [5.74, 6) is 0. The highest BCUT2D eigenvalue weighted by atomic mass is 79.9. The van der Waals surface area contributed by atoms with Crippen LogP contribution in [0.15, 0.2) is 22.8 Å². The molecule has 0 unspecified atom stereocenters. The van der Waals surface area contributed by atoms with Gasteiger partial charge in [0, 0.05) is 21.2 Å². The molecule has 3 aromatic heterocycles. The lowest BCUT2D eigenvalue weighted by atomic mass is 10.3. The molecular weight excluding hydrogens is 310 g/mol. The molecule has 3 rings (SSSR count). The number of thiazole rings is 1. The van der Waals surface area contributed by atoms with Crippen molar-refractivity contribution in [2.24, 2.45) is 0 Å². The molecule has 18 heavy (non-hydrogen) atoms. The summed E-state index contributed by atoms with van der Waals surface area (Å²) in [6.45, 7) is 6.19. The predicted molar refractivity (Wildman–Crippen MR) is 78.2 cm³/mol. The second-order valence-corrected chi connectivity index (χ2v) is 6.52. The van der Waals surface area contributed by atoms with Crippen LogP contribution in [-0.2, 0) is 0 Å². The minimum absolute atomic E-state index is 0.943. The summed E-state index contributed by atoms with van der Waals surface area (Å²) in [7, 11) is 0. The maximum Gasteiger partial charge on any atom is 0.137 e. The summed E-state index contributed by atoms with van der Waals surface area (Å²) in [5, 5.41) is 1.08. The zero-order chi connectivity index (χ0) is 12.9. The molecule has 0 aliphatic heterocycles. The van der Waals surface area contributed by atoms with Crippen LogP contribution >= 0.6 is 27.3 Å². The van der Waals surface area contributed by atoms with Crippen LogP contribution in [0.4, 0.5) is 0 Å². The van der Waals surface area contributed by atoms with Crippen LogP contribution in [0.1, 0.15) is 15.6 Å². The average molecular weight is 322 g/mol. The Morgan fingerprint density at radius 3 is 2.61 bits per heavy atom. The number of pyridine rings is 1. The van der Waals surface area contributed by atoms with Gasteiger partial charge in [0.15, 0.2) is 0 Å². The SMILES string of the molecule is Cc1nc(-c2cn3c(C)c(Br)ccc3n2)c(C)s1. The minimum Gasteiger partial charge on any atom is -0.303 e. The van der Waals surface area contributed by atoms with Gasteiger partial charge in [-0.15, -0.1) is 11.3 Å². The lowest BCUT2D eigenvalue weighted by Gasteiger charge is -2.00. The molecule has 92 valence electrons. The molecule has 0 saturated carbocycles. The maximum atomic E-state index is 4.65. The van der Waals surface area contributed by atoms with Crippen molar-refractivity contribution in [2.75, 3.05) is 0 Å². The first-order chi connectivity index (χ1) is 8.56. The van der Waals surface area contributed by atoms with Crippen LogP contribution < -0.4 is 0 Å². The van der Waals surface area contributed by atoms with Crippen molar-refractivity contribution in [1.82, 2.24) is 14.4 Å². The van der Waals surface area contributed by atoms with E-state index in [9.17, 15) is 0 Å². The molecule has 0 saturated heterocycles. The number of halogens is 1. The lowest BCUT2D eigenvalue weighted by Crippen LogP contribution is -1.89. The Balaban J connectivity index is 2.26. The zero-order valence-electron chi connectivity index (χ0n) is 10.4. The van der Waals surface area contributed by atoms with Crippen molar-refractivity contribution >= 4 is 32.9 Å². The second-order valence-electron chi connectivity index (χ2n) is 4.26. The van der Waals surface area contributed by atoms with Gasteiger partial charge in [-0.1, -0.05) is 0 Å². The Kier molecular flexibility index (Phi) is 2.75. The van der Waals surface area contributed by atoms with Gasteiger partial charge in [-0.3, -0.25) is 0 Å². The Morgan fingerprint density at radius 1 is 1.17 bits per heavy atom. The number of nitrogens with zero attached hydrogens (tertiary/aromatic N) is 3. The van der Waals surface area contributed by atoms with E-state index in [4.69, 9.17) is 0 Å². The number of rotatable bonds is 1. The highest BCUT2D eigenvalue weighted by molar-refractivity contribution is 9.10. The van der Waals surface area contributed by atoms with Crippen molar-refractivity contribution < 1.29 is 0 Å². The minimum atomic E-state index is 0.943. The molecule has 5 heteroatoms. The molecule has 3 aromatic rings. The van der Waals surface area contributed by atoms with Gasteiger partial charge in [0.1, 0.15) is 17.0 Å². The third-order valence-corrected chi connectivity index (χ3v) is 4.69. The molecule has 3 heterocycles. The molecule has 0 aliphatic rings. The normalized spacial score (nSPS) is 11.3. The molecule has 0 atom stereocenters. The molecule has 0 amide bonds. The molecule has 0 radical (unpaired) electrons. The Hall–Kier alpha value is -1.20. The molecule has 0 spiro atoms. The van der Waals surface area contributed by atoms with E-state index >= 15 is 0 Å². The predicted octanol–water partition coefficient (Wildman–Crippen LogP) is 4.15. The fraction of sp³-hybridized carbons (Fsp3) is 0.231. The number of hydrogen-bond acceptors (Lipinski definition) is 3. The summed E-state index contributed by atoms with van der Waals surface area (Å²) < 4.78 is 3.18. The highest BCUT2D eigenvalue weighted by Crippen LogP contribution is 2.28. The van der Waals surface area contributed by atoms with Crippen molar-refractivity contribution in [2.45, 2.75) is 20.8 Å². The lowest BCUT2D eigenvalue weighted by molar-refractivity contribution is 1.08. The molecule has 0 aromatic carbocycles. The third kappa shape index (κ3) is 1.78. The van der Waals surface area contributed by atoms with E-state index in [1.165, 1.54) is 4.88 Å². The first-order valence-electron chi connectivity index (χ1n) is 5.65. The van der Waals surface area contributed by atoms with Crippen molar-refractivity contribution in [3.05, 3.63) is 38.4 Å². The number of fused-ring (bicyclic) bond motifs is 1. The standard InChI is InChI=1S/C13H12BrN3S/c1-7-10(14)4-5-12-16-11(6-17(7)12)13-8(2)18-9(3)15-13/h4-6H,1-3H3. The average Bonchev–Trinajstić information content (AvgIpc) is 2.87. The van der Waals surface area contributed by atoms with E-state index in [0.29, 0.717) is 0 Å². The van der Waals surface area contributed by atoms with E-state index in [-0.39, 0.29) is 0 Å². The van der Waals surface area contributed by atoms with Gasteiger partial charge in [0.05, 0.1) is 5.01 Å². The van der Waals surface area contributed by atoms with Gasteiger partial charge in [0.2, 0.25) is 0 Å². The van der Waals surface area contributed by atoms with Crippen LogP contribution in [0.25, 0.3) is 17.0 Å². The molecule has 3 nitrogen and oxygen atoms in total. The van der Waals surface area contributed by atoms with Crippen LogP contribution in [0.3, 0.4) is 0 Å². The fourth-order valence-electron chi connectivity index (χ4n) is 2.04. The van der Waals surface area contributed by atoms with Crippen molar-refractivity contribution in [3.8, 4) is 11.4 Å². The van der Waals surface area contributed by atoms with Crippen LogP contribution in [0, 0.1) is 20.8 Å². The number of aromatic nitrogens is 3. The molecule has 0 N–H and O–H groups in total. The molecule has 0 bridgehead atoms. The summed E-state index contributed by atoms with van der Waals surface area (Å²) in [4.78, 5) is 10.4. The van der Waals surface area contributed by atoms with E-state index < -0.39 is 0 Å². The molecular formula is C13H12BrN3S. The fourth-order valence-corrected chi connectivity index (χ4v) is 3.19. The topological polar surface area (TPSA) is 30.2 Å². The Labute approximate surface area is 118 Å². The largest absolute Gasteiger partial charge is 0.303 e. The van der Waals surface area contributed by atoms with E-state index in [1.807, 2.05) is 19.1 Å². The highest BCUT2D eigenvalue weighted by Gasteiger charge is 2.12. The third-order valence-electron chi connectivity index (χ3n) is 2.97. The van der Waals surface area contributed by atoms with Crippen molar-refractivity contribution in [3.63, 3.8) is 0 Å². The first-order valence-corrected chi connectivity index (χ1v) is 7.26. The monoisotopic (exact) mass is 321 g/mol. The number of hydrogen-bond donors (Lipinski definition) is 0. The van der Waals surface area contributed by atoms with Crippen LogP contribution in [-0.4, -0.2) is 14.4 Å². The quantitative estimate of drug-likeness (QED) is 0.674. The number of imidazole rings is 1. The van der Waals surface area contributed by atoms with Gasteiger partial charge in [-0.25, -0.2) is 9.97 Å². The van der Waals surface area contributed by atoms with E-state index in [1.54, 1.807) is 11.3 Å². The Morgan fingerprint density at radius 2 is 1.94 bits per heavy atom. The number of aryl methyl sites for hydroxylation is 3. The summed E-state index contributed by atoms with van der Waals surface area (Å²) in [6, 6.07) is 4.04. The molecule has 0 fully saturated rings. The second kappa shape index (κ2) is 4.17. The summed E-state index contributed by atoms with van der Waals surface area (Å²) in [5.41, 5.74) is 4.04. The van der Waals surface area contributed by atoms with Gasteiger partial charge in [0.25, 0.3) is 0 Å². The van der Waals surface area contributed by atoms with Crippen LogP contribution in [0.5, 0.6) is 0 Å². The Bertz CT molecular complexity index is 742. The van der Waals surface area contributed by atoms with E-state index in [2.05, 4.69) is 50.3 Å².